The van der Waals surface area contributed by atoms with Crippen molar-refractivity contribution in [2.75, 3.05) is 17.6 Å². The summed E-state index contributed by atoms with van der Waals surface area (Å²) in [6, 6.07) is 19.8. The number of sulfone groups is 1. The van der Waals surface area contributed by atoms with Crippen LogP contribution in [-0.4, -0.2) is 34.6 Å². The first-order chi connectivity index (χ1) is 19.3. The third-order valence-electron chi connectivity index (χ3n) is 8.40. The van der Waals surface area contributed by atoms with Crippen LogP contribution < -0.4 is 5.32 Å². The fourth-order valence-corrected chi connectivity index (χ4v) is 9.76. The van der Waals surface area contributed by atoms with Gasteiger partial charge in [-0.3, -0.25) is 4.79 Å². The molecule has 224 valence electrons. The van der Waals surface area contributed by atoms with Crippen LogP contribution in [-0.2, 0) is 9.84 Å². The molecule has 0 heterocycles. The summed E-state index contributed by atoms with van der Waals surface area (Å²) >= 11 is 0. The van der Waals surface area contributed by atoms with E-state index in [0.717, 1.165) is 18.7 Å². The average Bonchev–Trinajstić information content (AvgIpc) is 2.96. The van der Waals surface area contributed by atoms with Crippen LogP contribution in [0.15, 0.2) is 59.5 Å². The Morgan fingerprint density at radius 3 is 1.77 bits per heavy atom. The van der Waals surface area contributed by atoms with Gasteiger partial charge in [0.2, 0.25) is 0 Å². The first-order valence-corrected chi connectivity index (χ1v) is 20.7. The molecule has 40 heavy (non-hydrogen) atoms. The molecule has 0 radical (unpaired) electrons. The molecule has 6 heteroatoms. The van der Waals surface area contributed by atoms with Gasteiger partial charge >= 0.3 is 0 Å². The number of anilines is 1. The Morgan fingerprint density at radius 2 is 1.23 bits per heavy atom. The number of hydrogen-bond donors (Lipinski definition) is 1. The normalized spacial score (nSPS) is 13.2. The molecule has 1 N–H and O–H groups in total. The number of carbonyl (C=O) groups excluding carboxylic acids is 1. The number of rotatable bonds is 23. The Hall–Kier alpha value is -1.92. The lowest BCUT2D eigenvalue weighted by molar-refractivity contribution is 0.102. The summed E-state index contributed by atoms with van der Waals surface area (Å²) in [5, 5.41) is 3.42. The topological polar surface area (TPSA) is 63.2 Å². The highest BCUT2D eigenvalue weighted by molar-refractivity contribution is 7.92. The van der Waals surface area contributed by atoms with Crippen molar-refractivity contribution in [3.63, 3.8) is 0 Å². The summed E-state index contributed by atoms with van der Waals surface area (Å²) in [5.74, 6) is -0.891. The third-order valence-corrected chi connectivity index (χ3v) is 14.9. The minimum absolute atomic E-state index is 0.182. The molecule has 0 spiro atoms. The summed E-state index contributed by atoms with van der Waals surface area (Å²) in [5.41, 5.74) is 1.39. The van der Waals surface area contributed by atoms with Crippen LogP contribution >= 0.6 is 0 Å². The molecule has 2 rings (SSSR count). The van der Waals surface area contributed by atoms with Gasteiger partial charge in [-0.1, -0.05) is 134 Å². The van der Waals surface area contributed by atoms with Gasteiger partial charge in [-0.15, -0.1) is 0 Å². The van der Waals surface area contributed by atoms with E-state index in [2.05, 4.69) is 25.7 Å². The zero-order chi connectivity index (χ0) is 29.1. The molecule has 0 saturated carbocycles. The standard InChI is InChI=1S/C34H55NO3SSi/c1-4-6-7-19-28-40(3,5-2)29-20-14-12-10-8-9-11-13-18-27-35-32-25-23-31(24-26-32)34(36)30-39(37,38)33-21-16-15-17-22-33/h15-17,21-26,35H,4-14,18-20,27-30H2,1-3H3. The van der Waals surface area contributed by atoms with Gasteiger partial charge in [0, 0.05) is 17.8 Å². The van der Waals surface area contributed by atoms with E-state index in [9.17, 15) is 13.2 Å². The Kier molecular flexibility index (Phi) is 16.5. The van der Waals surface area contributed by atoms with E-state index in [-0.39, 0.29) is 10.7 Å². The summed E-state index contributed by atoms with van der Waals surface area (Å²) in [4.78, 5) is 12.7. The van der Waals surface area contributed by atoms with Crippen LogP contribution in [0.25, 0.3) is 0 Å². The molecule has 0 aliphatic rings. The monoisotopic (exact) mass is 585 g/mol. The molecule has 0 aliphatic carbocycles. The maximum Gasteiger partial charge on any atom is 0.185 e. The van der Waals surface area contributed by atoms with Gasteiger partial charge in [-0.05, 0) is 42.8 Å². The van der Waals surface area contributed by atoms with Gasteiger partial charge in [0.25, 0.3) is 0 Å². The van der Waals surface area contributed by atoms with Crippen LogP contribution in [0, 0.1) is 0 Å². The van der Waals surface area contributed by atoms with Crippen molar-refractivity contribution in [1.29, 1.82) is 0 Å². The van der Waals surface area contributed by atoms with Crippen LogP contribution in [0.5, 0.6) is 0 Å². The van der Waals surface area contributed by atoms with Crippen molar-refractivity contribution in [3.05, 3.63) is 60.2 Å². The number of carbonyl (C=O) groups is 1. The molecule has 0 aliphatic heterocycles. The molecule has 1 atom stereocenters. The Morgan fingerprint density at radius 1 is 0.700 bits per heavy atom. The Labute approximate surface area is 246 Å². The highest BCUT2D eigenvalue weighted by Gasteiger charge is 2.23. The summed E-state index contributed by atoms with van der Waals surface area (Å²) in [6.45, 7) is 8.29. The number of unbranched alkanes of at least 4 members (excludes halogenated alkanes) is 11. The van der Waals surface area contributed by atoms with E-state index in [4.69, 9.17) is 0 Å². The summed E-state index contributed by atoms with van der Waals surface area (Å²) in [7, 11) is -4.59. The van der Waals surface area contributed by atoms with E-state index in [1.165, 1.54) is 101 Å². The van der Waals surface area contributed by atoms with Gasteiger partial charge < -0.3 is 5.32 Å². The molecule has 0 fully saturated rings. The van der Waals surface area contributed by atoms with Crippen molar-refractivity contribution in [3.8, 4) is 0 Å². The predicted octanol–water partition coefficient (Wildman–Crippen LogP) is 9.94. The van der Waals surface area contributed by atoms with E-state index in [1.54, 1.807) is 36.4 Å². The van der Waals surface area contributed by atoms with E-state index in [1.807, 2.05) is 12.1 Å². The van der Waals surface area contributed by atoms with Gasteiger partial charge in [-0.25, -0.2) is 8.42 Å². The predicted molar refractivity (Wildman–Crippen MR) is 175 cm³/mol. The number of nitrogens with one attached hydrogen (secondary N) is 1. The number of ketones is 1. The van der Waals surface area contributed by atoms with Gasteiger partial charge in [0.1, 0.15) is 5.75 Å². The van der Waals surface area contributed by atoms with Crippen molar-refractivity contribution >= 4 is 29.4 Å². The Bertz CT molecular complexity index is 1060. The average molecular weight is 586 g/mol. The second kappa shape index (κ2) is 19.2. The van der Waals surface area contributed by atoms with Crippen molar-refractivity contribution in [1.82, 2.24) is 0 Å². The third kappa shape index (κ3) is 13.6. The molecule has 2 aromatic carbocycles. The lowest BCUT2D eigenvalue weighted by Crippen LogP contribution is -2.28. The van der Waals surface area contributed by atoms with Crippen LogP contribution in [0.2, 0.25) is 24.7 Å². The van der Waals surface area contributed by atoms with Gasteiger partial charge in [0.05, 0.1) is 13.0 Å². The summed E-state index contributed by atoms with van der Waals surface area (Å²) < 4.78 is 24.9. The van der Waals surface area contributed by atoms with Crippen LogP contribution in [0.4, 0.5) is 5.69 Å². The van der Waals surface area contributed by atoms with E-state index >= 15 is 0 Å². The molecule has 4 nitrogen and oxygen atoms in total. The minimum Gasteiger partial charge on any atom is -0.385 e. The molecule has 1 unspecified atom stereocenters. The first kappa shape index (κ1) is 34.3. The van der Waals surface area contributed by atoms with Crippen LogP contribution in [0.3, 0.4) is 0 Å². The second-order valence-electron chi connectivity index (χ2n) is 11.9. The Balaban J connectivity index is 1.50. The number of benzene rings is 2. The lowest BCUT2D eigenvalue weighted by atomic mass is 10.1. The molecule has 0 amide bonds. The highest BCUT2D eigenvalue weighted by atomic mass is 32.2. The number of hydrogen-bond acceptors (Lipinski definition) is 4. The zero-order valence-electron chi connectivity index (χ0n) is 25.6. The molecule has 0 saturated heterocycles. The molecular formula is C34H55NO3SSi. The molecular weight excluding hydrogens is 531 g/mol. The van der Waals surface area contributed by atoms with E-state index in [0.29, 0.717) is 5.56 Å². The van der Waals surface area contributed by atoms with Crippen molar-refractivity contribution in [2.24, 2.45) is 0 Å². The molecule has 0 bridgehead atoms. The molecule has 0 aromatic heterocycles. The first-order valence-electron chi connectivity index (χ1n) is 15.9. The summed E-state index contributed by atoms with van der Waals surface area (Å²) in [6.07, 6.45) is 17.7. The van der Waals surface area contributed by atoms with Gasteiger partial charge in [-0.2, -0.15) is 0 Å². The highest BCUT2D eigenvalue weighted by Crippen LogP contribution is 2.27. The maximum atomic E-state index is 12.5. The number of Topliss-reactive ketones (excluding diaryl/α,β-unsaturated/α-hetero) is 1. The fraction of sp³-hybridized carbons (Fsp3) is 0.618. The van der Waals surface area contributed by atoms with Crippen molar-refractivity contribution in [2.45, 2.75) is 127 Å². The lowest BCUT2D eigenvalue weighted by Gasteiger charge is -2.26. The van der Waals surface area contributed by atoms with Crippen molar-refractivity contribution < 1.29 is 13.2 Å². The van der Waals surface area contributed by atoms with Gasteiger partial charge in [0.15, 0.2) is 15.6 Å². The molecule has 2 aromatic rings. The zero-order valence-corrected chi connectivity index (χ0v) is 27.4. The quantitative estimate of drug-likeness (QED) is 0.0801. The maximum absolute atomic E-state index is 12.5. The van der Waals surface area contributed by atoms with Crippen LogP contribution in [0.1, 0.15) is 108 Å². The van der Waals surface area contributed by atoms with E-state index < -0.39 is 23.7 Å². The largest absolute Gasteiger partial charge is 0.385 e. The minimum atomic E-state index is -3.63. The smallest absolute Gasteiger partial charge is 0.185 e. The second-order valence-corrected chi connectivity index (χ2v) is 19.2. The fourth-order valence-electron chi connectivity index (χ4n) is 5.35. The SMILES string of the molecule is CCCCCC[Si](C)(CC)CCCCCCCCCCCNc1ccc(C(=O)CS(=O)(=O)c2ccccc2)cc1.